The van der Waals surface area contributed by atoms with Crippen molar-refractivity contribution in [1.82, 2.24) is 29.8 Å². The Morgan fingerprint density at radius 1 is 1.24 bits per heavy atom. The van der Waals surface area contributed by atoms with Gasteiger partial charge in [-0.1, -0.05) is 6.42 Å². The molecule has 0 amide bonds. The van der Waals surface area contributed by atoms with E-state index in [0.717, 1.165) is 53.9 Å². The molecule has 0 unspecified atom stereocenters. The number of hydrogen-bond donors (Lipinski definition) is 1. The number of thiazole rings is 1. The second-order valence-electron chi connectivity index (χ2n) is 6.60. The standard InChI is InChI=1S/C18H22N6S/c1-12-8-19-18(21-12)16-7-15(22-13(2)23-16)17-5-3-4-6-24(17)9-14-10-25-11-20-14/h7-8,10-11,17H,3-6,9H2,1-2H3,(H,19,21)/t17-/m1/s1. The van der Waals surface area contributed by atoms with E-state index >= 15 is 0 Å². The molecule has 7 heteroatoms. The van der Waals surface area contributed by atoms with Gasteiger partial charge in [0.25, 0.3) is 0 Å². The van der Waals surface area contributed by atoms with Crippen molar-refractivity contribution < 1.29 is 0 Å². The Morgan fingerprint density at radius 2 is 2.16 bits per heavy atom. The van der Waals surface area contributed by atoms with Crippen molar-refractivity contribution >= 4 is 11.3 Å². The van der Waals surface area contributed by atoms with Crippen LogP contribution >= 0.6 is 11.3 Å². The Labute approximate surface area is 151 Å². The Balaban J connectivity index is 1.65. The predicted molar refractivity (Wildman–Crippen MR) is 98.2 cm³/mol. The van der Waals surface area contributed by atoms with Gasteiger partial charge in [-0.3, -0.25) is 4.90 Å². The molecule has 130 valence electrons. The molecule has 4 heterocycles. The van der Waals surface area contributed by atoms with Crippen LogP contribution < -0.4 is 0 Å². The van der Waals surface area contributed by atoms with Gasteiger partial charge in [-0.05, 0) is 39.3 Å². The molecule has 1 aliphatic heterocycles. The second-order valence-corrected chi connectivity index (χ2v) is 7.32. The van der Waals surface area contributed by atoms with Gasteiger partial charge in [0.2, 0.25) is 0 Å². The highest BCUT2D eigenvalue weighted by Gasteiger charge is 2.26. The zero-order chi connectivity index (χ0) is 17.2. The average molecular weight is 354 g/mol. The number of H-pyrrole nitrogens is 1. The molecule has 1 atom stereocenters. The fourth-order valence-corrected chi connectivity index (χ4v) is 4.01. The Bertz CT molecular complexity index is 841. The third-order valence-corrected chi connectivity index (χ3v) is 5.24. The average Bonchev–Trinajstić information content (AvgIpc) is 3.26. The van der Waals surface area contributed by atoms with Crippen molar-refractivity contribution in [2.75, 3.05) is 6.54 Å². The molecule has 3 aromatic heterocycles. The van der Waals surface area contributed by atoms with Crippen molar-refractivity contribution in [3.05, 3.63) is 46.1 Å². The summed E-state index contributed by atoms with van der Waals surface area (Å²) in [6.07, 6.45) is 5.42. The summed E-state index contributed by atoms with van der Waals surface area (Å²) in [4.78, 5) is 24.0. The summed E-state index contributed by atoms with van der Waals surface area (Å²) in [7, 11) is 0. The van der Waals surface area contributed by atoms with Gasteiger partial charge >= 0.3 is 0 Å². The number of imidazole rings is 1. The van der Waals surface area contributed by atoms with Crippen LogP contribution in [-0.4, -0.2) is 36.4 Å². The van der Waals surface area contributed by atoms with Crippen LogP contribution in [0.2, 0.25) is 0 Å². The minimum absolute atomic E-state index is 0.312. The molecule has 4 rings (SSSR count). The lowest BCUT2D eigenvalue weighted by atomic mass is 9.98. The molecule has 1 aliphatic rings. The first-order chi connectivity index (χ1) is 12.2. The van der Waals surface area contributed by atoms with Gasteiger partial charge in [0.05, 0.1) is 22.9 Å². The van der Waals surface area contributed by atoms with Crippen LogP contribution in [0.4, 0.5) is 0 Å². The van der Waals surface area contributed by atoms with Gasteiger partial charge in [0.15, 0.2) is 5.82 Å². The molecule has 6 nitrogen and oxygen atoms in total. The number of piperidine rings is 1. The summed E-state index contributed by atoms with van der Waals surface area (Å²) in [5.41, 5.74) is 6.04. The molecule has 0 spiro atoms. The number of aromatic nitrogens is 5. The highest BCUT2D eigenvalue weighted by atomic mass is 32.1. The fraction of sp³-hybridized carbons (Fsp3) is 0.444. The Kier molecular flexibility index (Phi) is 4.59. The molecule has 0 bridgehead atoms. The van der Waals surface area contributed by atoms with Crippen molar-refractivity contribution in [3.63, 3.8) is 0 Å². The lowest BCUT2D eigenvalue weighted by Crippen LogP contribution is -2.33. The largest absolute Gasteiger partial charge is 0.341 e. The van der Waals surface area contributed by atoms with Crippen LogP contribution in [0.5, 0.6) is 0 Å². The van der Waals surface area contributed by atoms with Crippen LogP contribution in [0.25, 0.3) is 11.5 Å². The smallest absolute Gasteiger partial charge is 0.156 e. The summed E-state index contributed by atoms with van der Waals surface area (Å²) in [5.74, 6) is 1.60. The maximum atomic E-state index is 4.76. The molecule has 0 radical (unpaired) electrons. The first kappa shape index (κ1) is 16.4. The van der Waals surface area contributed by atoms with Crippen LogP contribution in [0, 0.1) is 13.8 Å². The van der Waals surface area contributed by atoms with E-state index in [1.807, 2.05) is 25.6 Å². The first-order valence-corrected chi connectivity index (χ1v) is 9.62. The van der Waals surface area contributed by atoms with E-state index in [-0.39, 0.29) is 0 Å². The fourth-order valence-electron chi connectivity index (χ4n) is 3.46. The normalized spacial score (nSPS) is 18.6. The number of rotatable bonds is 4. The predicted octanol–water partition coefficient (Wildman–Crippen LogP) is 3.67. The van der Waals surface area contributed by atoms with Crippen molar-refractivity contribution in [2.45, 2.75) is 45.7 Å². The quantitative estimate of drug-likeness (QED) is 0.774. The minimum atomic E-state index is 0.312. The number of aryl methyl sites for hydroxylation is 2. The van der Waals surface area contributed by atoms with E-state index in [0.29, 0.717) is 6.04 Å². The summed E-state index contributed by atoms with van der Waals surface area (Å²) >= 11 is 1.65. The molecule has 1 fully saturated rings. The van der Waals surface area contributed by atoms with Crippen LogP contribution in [0.1, 0.15) is 48.2 Å². The Hall–Kier alpha value is -2.12. The zero-order valence-electron chi connectivity index (χ0n) is 14.6. The summed E-state index contributed by atoms with van der Waals surface area (Å²) in [6.45, 7) is 5.92. The van der Waals surface area contributed by atoms with Gasteiger partial charge in [0, 0.05) is 23.8 Å². The Morgan fingerprint density at radius 3 is 2.92 bits per heavy atom. The lowest BCUT2D eigenvalue weighted by molar-refractivity contribution is 0.135. The number of nitrogens with one attached hydrogen (secondary N) is 1. The number of nitrogens with zero attached hydrogens (tertiary/aromatic N) is 5. The van der Waals surface area contributed by atoms with Gasteiger partial charge in [-0.25, -0.2) is 19.9 Å². The maximum Gasteiger partial charge on any atom is 0.156 e. The van der Waals surface area contributed by atoms with Crippen molar-refractivity contribution in [1.29, 1.82) is 0 Å². The summed E-state index contributed by atoms with van der Waals surface area (Å²) in [6, 6.07) is 2.40. The van der Waals surface area contributed by atoms with E-state index < -0.39 is 0 Å². The molecular weight excluding hydrogens is 332 g/mol. The van der Waals surface area contributed by atoms with Crippen molar-refractivity contribution in [3.8, 4) is 11.5 Å². The number of aromatic amines is 1. The van der Waals surface area contributed by atoms with E-state index in [4.69, 9.17) is 4.98 Å². The third-order valence-electron chi connectivity index (χ3n) is 4.61. The molecule has 3 aromatic rings. The monoisotopic (exact) mass is 354 g/mol. The topological polar surface area (TPSA) is 70.6 Å². The zero-order valence-corrected chi connectivity index (χ0v) is 15.4. The van der Waals surface area contributed by atoms with Crippen LogP contribution in [-0.2, 0) is 6.54 Å². The second kappa shape index (κ2) is 7.01. The number of hydrogen-bond acceptors (Lipinski definition) is 6. The molecule has 0 aromatic carbocycles. The van der Waals surface area contributed by atoms with E-state index in [1.54, 1.807) is 11.3 Å². The van der Waals surface area contributed by atoms with E-state index in [2.05, 4.69) is 36.3 Å². The molecule has 0 saturated carbocycles. The lowest BCUT2D eigenvalue weighted by Gasteiger charge is -2.35. The van der Waals surface area contributed by atoms with Crippen molar-refractivity contribution in [2.24, 2.45) is 0 Å². The van der Waals surface area contributed by atoms with Crippen LogP contribution in [0.3, 0.4) is 0 Å². The third kappa shape index (κ3) is 3.62. The van der Waals surface area contributed by atoms with Gasteiger partial charge in [-0.2, -0.15) is 0 Å². The molecule has 1 saturated heterocycles. The molecule has 25 heavy (non-hydrogen) atoms. The summed E-state index contributed by atoms with van der Waals surface area (Å²) < 4.78 is 0. The number of likely N-dealkylation sites (tertiary alicyclic amines) is 1. The van der Waals surface area contributed by atoms with E-state index in [1.165, 1.54) is 12.8 Å². The van der Waals surface area contributed by atoms with Gasteiger partial charge in [-0.15, -0.1) is 11.3 Å². The van der Waals surface area contributed by atoms with E-state index in [9.17, 15) is 0 Å². The SMILES string of the molecule is Cc1nc(-c2ncc(C)[nH]2)cc([C@H]2CCCCN2Cc2cscn2)n1. The molecule has 1 N–H and O–H groups in total. The van der Waals surface area contributed by atoms with Gasteiger partial charge in [0.1, 0.15) is 11.5 Å². The maximum absolute atomic E-state index is 4.76. The highest BCUT2D eigenvalue weighted by Crippen LogP contribution is 2.32. The first-order valence-electron chi connectivity index (χ1n) is 8.68. The van der Waals surface area contributed by atoms with Crippen LogP contribution in [0.15, 0.2) is 23.2 Å². The molecular formula is C18H22N6S. The summed E-state index contributed by atoms with van der Waals surface area (Å²) in [5, 5.41) is 2.13. The highest BCUT2D eigenvalue weighted by molar-refractivity contribution is 7.07. The molecule has 0 aliphatic carbocycles. The minimum Gasteiger partial charge on any atom is -0.341 e. The van der Waals surface area contributed by atoms with Gasteiger partial charge < -0.3 is 4.98 Å².